The number of benzene rings is 2. The number of nitrogens with two attached hydrogens (primary N) is 1. The van der Waals surface area contributed by atoms with Gasteiger partial charge in [-0.3, -0.25) is 9.69 Å². The fraction of sp³-hybridized carbons (Fsp3) is 0.300. The summed E-state index contributed by atoms with van der Waals surface area (Å²) in [4.78, 5) is 19.0. The van der Waals surface area contributed by atoms with E-state index in [1.54, 1.807) is 35.8 Å². The van der Waals surface area contributed by atoms with Crippen LogP contribution in [0.2, 0.25) is 0 Å². The lowest BCUT2D eigenvalue weighted by atomic mass is 10.2. The van der Waals surface area contributed by atoms with Crippen LogP contribution in [0.25, 0.3) is 11.0 Å². The van der Waals surface area contributed by atoms with Crippen molar-refractivity contribution < 1.29 is 4.79 Å². The number of aryl methyl sites for hydroxylation is 1. The van der Waals surface area contributed by atoms with E-state index in [9.17, 15) is 4.79 Å². The SMILES string of the molecule is CCCSC(N)Nc1ccc(C(=O)N(C)c2nc3ccccc3n2C)cc1. The number of amides is 1. The van der Waals surface area contributed by atoms with Gasteiger partial charge in [-0.2, -0.15) is 0 Å². The second-order valence-corrected chi connectivity index (χ2v) is 7.59. The molecule has 1 unspecified atom stereocenters. The number of fused-ring (bicyclic) bond motifs is 1. The van der Waals surface area contributed by atoms with E-state index in [0.717, 1.165) is 28.9 Å². The van der Waals surface area contributed by atoms with E-state index in [4.69, 9.17) is 5.73 Å². The van der Waals surface area contributed by atoms with Gasteiger partial charge in [0, 0.05) is 25.3 Å². The van der Waals surface area contributed by atoms with Crippen molar-refractivity contribution in [2.24, 2.45) is 12.8 Å². The summed E-state index contributed by atoms with van der Waals surface area (Å²) in [5.41, 5.74) is 9.23. The van der Waals surface area contributed by atoms with Crippen molar-refractivity contribution in [2.45, 2.75) is 18.8 Å². The molecular weight excluding hydrogens is 358 g/mol. The predicted molar refractivity (Wildman–Crippen MR) is 114 cm³/mol. The molecule has 1 aromatic heterocycles. The Morgan fingerprint density at radius 1 is 1.26 bits per heavy atom. The average Bonchev–Trinajstić information content (AvgIpc) is 3.03. The van der Waals surface area contributed by atoms with Gasteiger partial charge in [-0.25, -0.2) is 4.98 Å². The summed E-state index contributed by atoms with van der Waals surface area (Å²) in [5.74, 6) is 1.51. The van der Waals surface area contributed by atoms with Crippen LogP contribution in [0, 0.1) is 0 Å². The van der Waals surface area contributed by atoms with Gasteiger partial charge in [0.15, 0.2) is 0 Å². The topological polar surface area (TPSA) is 76.2 Å². The molecule has 0 saturated carbocycles. The fourth-order valence-electron chi connectivity index (χ4n) is 2.88. The number of rotatable bonds is 7. The van der Waals surface area contributed by atoms with Crippen LogP contribution in [0.15, 0.2) is 48.5 Å². The monoisotopic (exact) mass is 383 g/mol. The van der Waals surface area contributed by atoms with E-state index in [1.807, 2.05) is 48.0 Å². The van der Waals surface area contributed by atoms with Crippen molar-refractivity contribution in [2.75, 3.05) is 23.0 Å². The molecule has 1 heterocycles. The Labute approximate surface area is 163 Å². The number of carbonyl (C=O) groups excluding carboxylic acids is 1. The van der Waals surface area contributed by atoms with Crippen LogP contribution in [0.4, 0.5) is 11.6 Å². The minimum Gasteiger partial charge on any atom is -0.361 e. The molecule has 3 aromatic rings. The molecule has 0 aliphatic carbocycles. The first-order valence-corrected chi connectivity index (χ1v) is 9.99. The Morgan fingerprint density at radius 2 is 1.96 bits per heavy atom. The van der Waals surface area contributed by atoms with E-state index in [0.29, 0.717) is 11.5 Å². The first kappa shape index (κ1) is 19.3. The summed E-state index contributed by atoms with van der Waals surface area (Å²) < 4.78 is 1.92. The Bertz CT molecular complexity index is 922. The zero-order valence-corrected chi connectivity index (χ0v) is 16.7. The molecule has 1 amide bonds. The molecule has 2 aromatic carbocycles. The van der Waals surface area contributed by atoms with Gasteiger partial charge in [0.05, 0.1) is 11.0 Å². The molecule has 0 fully saturated rings. The second-order valence-electron chi connectivity index (χ2n) is 6.34. The van der Waals surface area contributed by atoms with Crippen LogP contribution in [0.5, 0.6) is 0 Å². The summed E-state index contributed by atoms with van der Waals surface area (Å²) in [7, 11) is 3.66. The Hall–Kier alpha value is -2.51. The van der Waals surface area contributed by atoms with Gasteiger partial charge in [-0.1, -0.05) is 19.1 Å². The molecule has 0 bridgehead atoms. The third-order valence-electron chi connectivity index (χ3n) is 4.31. The first-order valence-electron chi connectivity index (χ1n) is 8.94. The molecule has 7 heteroatoms. The van der Waals surface area contributed by atoms with Crippen LogP contribution < -0.4 is 16.0 Å². The Morgan fingerprint density at radius 3 is 2.63 bits per heavy atom. The molecule has 27 heavy (non-hydrogen) atoms. The zero-order valence-electron chi connectivity index (χ0n) is 15.8. The Kier molecular flexibility index (Phi) is 6.03. The summed E-state index contributed by atoms with van der Waals surface area (Å²) in [6.07, 6.45) is 1.09. The number of hydrogen-bond donors (Lipinski definition) is 2. The molecule has 142 valence electrons. The normalized spacial score (nSPS) is 12.1. The molecule has 3 rings (SSSR count). The van der Waals surface area contributed by atoms with E-state index in [2.05, 4.69) is 17.2 Å². The zero-order chi connectivity index (χ0) is 19.4. The van der Waals surface area contributed by atoms with Gasteiger partial charge in [-0.15, -0.1) is 11.8 Å². The highest BCUT2D eigenvalue weighted by Crippen LogP contribution is 2.22. The summed E-state index contributed by atoms with van der Waals surface area (Å²) >= 11 is 1.67. The quantitative estimate of drug-likeness (QED) is 0.609. The maximum atomic E-state index is 12.9. The fourth-order valence-corrected chi connectivity index (χ4v) is 3.59. The van der Waals surface area contributed by atoms with Gasteiger partial charge in [0.1, 0.15) is 5.50 Å². The van der Waals surface area contributed by atoms with Gasteiger partial charge in [-0.05, 0) is 48.6 Å². The van der Waals surface area contributed by atoms with E-state index >= 15 is 0 Å². The summed E-state index contributed by atoms with van der Waals surface area (Å²) in [6, 6.07) is 15.2. The molecule has 0 spiro atoms. The number of aromatic nitrogens is 2. The maximum Gasteiger partial charge on any atom is 0.260 e. The lowest BCUT2D eigenvalue weighted by molar-refractivity contribution is 0.0991. The van der Waals surface area contributed by atoms with Gasteiger partial charge in [0.25, 0.3) is 5.91 Å². The van der Waals surface area contributed by atoms with Crippen molar-refractivity contribution >= 4 is 40.3 Å². The van der Waals surface area contributed by atoms with Gasteiger partial charge < -0.3 is 15.6 Å². The number of nitrogens with zero attached hydrogens (tertiary/aromatic N) is 3. The van der Waals surface area contributed by atoms with Crippen molar-refractivity contribution in [1.29, 1.82) is 0 Å². The molecule has 0 saturated heterocycles. The first-order chi connectivity index (χ1) is 13.0. The number of carbonyl (C=O) groups is 1. The number of hydrogen-bond acceptors (Lipinski definition) is 5. The summed E-state index contributed by atoms with van der Waals surface area (Å²) in [6.45, 7) is 2.13. The van der Waals surface area contributed by atoms with Crippen LogP contribution in [-0.2, 0) is 7.05 Å². The maximum absolute atomic E-state index is 12.9. The van der Waals surface area contributed by atoms with Gasteiger partial charge in [0.2, 0.25) is 5.95 Å². The number of anilines is 2. The van der Waals surface area contributed by atoms with E-state index in [-0.39, 0.29) is 11.4 Å². The van der Waals surface area contributed by atoms with E-state index in [1.165, 1.54) is 0 Å². The molecule has 6 nitrogen and oxygen atoms in total. The molecular formula is C20H25N5OS. The minimum atomic E-state index is -0.158. The smallest absolute Gasteiger partial charge is 0.260 e. The lowest BCUT2D eigenvalue weighted by Gasteiger charge is -2.17. The molecule has 1 atom stereocenters. The number of para-hydroxylation sites is 2. The second kappa shape index (κ2) is 8.45. The molecule has 3 N–H and O–H groups in total. The van der Waals surface area contributed by atoms with Crippen molar-refractivity contribution in [3.63, 3.8) is 0 Å². The Balaban J connectivity index is 1.74. The van der Waals surface area contributed by atoms with Crippen LogP contribution in [0.3, 0.4) is 0 Å². The lowest BCUT2D eigenvalue weighted by Crippen LogP contribution is -2.29. The van der Waals surface area contributed by atoms with Crippen LogP contribution >= 0.6 is 11.8 Å². The molecule has 0 radical (unpaired) electrons. The third-order valence-corrected chi connectivity index (χ3v) is 5.43. The molecule has 0 aliphatic heterocycles. The summed E-state index contributed by atoms with van der Waals surface area (Å²) in [5, 5.41) is 3.23. The van der Waals surface area contributed by atoms with Gasteiger partial charge >= 0.3 is 0 Å². The van der Waals surface area contributed by atoms with Crippen molar-refractivity contribution in [3.05, 3.63) is 54.1 Å². The van der Waals surface area contributed by atoms with Crippen molar-refractivity contribution in [3.8, 4) is 0 Å². The predicted octanol–water partition coefficient (Wildman–Crippen LogP) is 3.65. The minimum absolute atomic E-state index is 0.107. The number of imidazole rings is 1. The highest BCUT2D eigenvalue weighted by atomic mass is 32.2. The average molecular weight is 384 g/mol. The number of thioether (sulfide) groups is 1. The number of nitrogens with one attached hydrogen (secondary N) is 1. The highest BCUT2D eigenvalue weighted by molar-refractivity contribution is 7.99. The standard InChI is InChI=1S/C20H25N5OS/c1-4-13-27-19(21)22-15-11-9-14(10-12-15)18(26)25(3)20-23-16-7-5-6-8-17(16)24(20)2/h5-12,19,22H,4,13,21H2,1-3H3. The van der Waals surface area contributed by atoms with E-state index < -0.39 is 0 Å². The highest BCUT2D eigenvalue weighted by Gasteiger charge is 2.19. The third kappa shape index (κ3) is 4.26. The largest absolute Gasteiger partial charge is 0.361 e. The van der Waals surface area contributed by atoms with Crippen LogP contribution in [-0.4, -0.2) is 33.8 Å². The van der Waals surface area contributed by atoms with Crippen LogP contribution in [0.1, 0.15) is 23.7 Å². The molecule has 0 aliphatic rings. The van der Waals surface area contributed by atoms with Crippen molar-refractivity contribution in [1.82, 2.24) is 9.55 Å².